The SMILES string of the molecule is CC(=O)C(O)/C=C(\C)C(=O)O. The molecule has 1 atom stereocenters. The first kappa shape index (κ1) is 9.84. The van der Waals surface area contributed by atoms with Crippen molar-refractivity contribution in [3.05, 3.63) is 11.6 Å². The van der Waals surface area contributed by atoms with Crippen LogP contribution in [-0.4, -0.2) is 28.1 Å². The Labute approximate surface area is 64.2 Å². The van der Waals surface area contributed by atoms with Crippen LogP contribution >= 0.6 is 0 Å². The number of hydrogen-bond acceptors (Lipinski definition) is 3. The van der Waals surface area contributed by atoms with Gasteiger partial charge in [0.1, 0.15) is 6.10 Å². The summed E-state index contributed by atoms with van der Waals surface area (Å²) in [4.78, 5) is 20.6. The predicted molar refractivity (Wildman–Crippen MR) is 38.1 cm³/mol. The Morgan fingerprint density at radius 3 is 2.09 bits per heavy atom. The van der Waals surface area contributed by atoms with Gasteiger partial charge in [0.2, 0.25) is 0 Å². The third-order valence-corrected chi connectivity index (χ3v) is 1.16. The molecular weight excluding hydrogens is 148 g/mol. The van der Waals surface area contributed by atoms with Crippen LogP contribution in [0.5, 0.6) is 0 Å². The fourth-order valence-corrected chi connectivity index (χ4v) is 0.425. The molecule has 0 aromatic carbocycles. The Morgan fingerprint density at radius 2 is 1.82 bits per heavy atom. The lowest BCUT2D eigenvalue weighted by atomic mass is 10.2. The maximum Gasteiger partial charge on any atom is 0.331 e. The second-order valence-corrected chi connectivity index (χ2v) is 2.21. The van der Waals surface area contributed by atoms with Gasteiger partial charge >= 0.3 is 5.97 Å². The molecule has 62 valence electrons. The third kappa shape index (κ3) is 3.52. The molecule has 0 saturated heterocycles. The van der Waals surface area contributed by atoms with Gasteiger partial charge in [-0.05, 0) is 19.9 Å². The van der Waals surface area contributed by atoms with Crippen LogP contribution in [0.15, 0.2) is 11.6 Å². The standard InChI is InChI=1S/C7H10O4/c1-4(7(10)11)3-6(9)5(2)8/h3,6,9H,1-2H3,(H,10,11)/b4-3+. The number of ketones is 1. The molecule has 4 nitrogen and oxygen atoms in total. The van der Waals surface area contributed by atoms with E-state index < -0.39 is 17.9 Å². The molecule has 11 heavy (non-hydrogen) atoms. The zero-order valence-corrected chi connectivity index (χ0v) is 6.37. The summed E-state index contributed by atoms with van der Waals surface area (Å²) in [5.74, 6) is -1.60. The van der Waals surface area contributed by atoms with Gasteiger partial charge in [0, 0.05) is 5.57 Å². The van der Waals surface area contributed by atoms with Gasteiger partial charge in [-0.1, -0.05) is 0 Å². The van der Waals surface area contributed by atoms with E-state index in [0.717, 1.165) is 6.08 Å². The van der Waals surface area contributed by atoms with Gasteiger partial charge in [-0.2, -0.15) is 0 Å². The highest BCUT2D eigenvalue weighted by Crippen LogP contribution is 1.96. The summed E-state index contributed by atoms with van der Waals surface area (Å²) < 4.78 is 0. The van der Waals surface area contributed by atoms with Gasteiger partial charge in [-0.15, -0.1) is 0 Å². The molecule has 0 aromatic rings. The number of Topliss-reactive ketones (excluding diaryl/α,β-unsaturated/α-hetero) is 1. The molecule has 0 saturated carbocycles. The fraction of sp³-hybridized carbons (Fsp3) is 0.429. The average Bonchev–Trinajstić information content (AvgIpc) is 1.87. The van der Waals surface area contributed by atoms with E-state index in [-0.39, 0.29) is 5.57 Å². The van der Waals surface area contributed by atoms with Crippen LogP contribution in [0.1, 0.15) is 13.8 Å². The lowest BCUT2D eigenvalue weighted by Crippen LogP contribution is -2.15. The molecule has 0 aliphatic heterocycles. The molecule has 0 heterocycles. The van der Waals surface area contributed by atoms with Gasteiger partial charge in [0.25, 0.3) is 0 Å². The number of carbonyl (C=O) groups is 2. The molecule has 2 N–H and O–H groups in total. The number of carboxylic acids is 1. The van der Waals surface area contributed by atoms with Gasteiger partial charge in [-0.3, -0.25) is 4.79 Å². The lowest BCUT2D eigenvalue weighted by Gasteiger charge is -1.99. The summed E-state index contributed by atoms with van der Waals surface area (Å²) >= 11 is 0. The normalized spacial score (nSPS) is 14.3. The van der Waals surface area contributed by atoms with Gasteiger partial charge < -0.3 is 10.2 Å². The van der Waals surface area contributed by atoms with Gasteiger partial charge in [0.15, 0.2) is 5.78 Å². The summed E-state index contributed by atoms with van der Waals surface area (Å²) in [6.07, 6.45) is -0.295. The Bertz CT molecular complexity index is 204. The van der Waals surface area contributed by atoms with Crippen molar-refractivity contribution in [3.8, 4) is 0 Å². The number of hydrogen-bond donors (Lipinski definition) is 2. The van der Waals surface area contributed by atoms with E-state index >= 15 is 0 Å². The van der Waals surface area contributed by atoms with Crippen molar-refractivity contribution in [3.63, 3.8) is 0 Å². The monoisotopic (exact) mass is 158 g/mol. The summed E-state index contributed by atoms with van der Waals surface area (Å²) in [5, 5.41) is 17.2. The highest BCUT2D eigenvalue weighted by Gasteiger charge is 2.08. The van der Waals surface area contributed by atoms with Crippen molar-refractivity contribution in [1.29, 1.82) is 0 Å². The van der Waals surface area contributed by atoms with Crippen LogP contribution in [0.25, 0.3) is 0 Å². The molecule has 0 aromatic heterocycles. The predicted octanol–water partition coefficient (Wildman–Crippen LogP) is -0.0328. The number of carboxylic acid groups (broad SMARTS) is 1. The summed E-state index contributed by atoms with van der Waals surface area (Å²) in [5.41, 5.74) is -0.0345. The topological polar surface area (TPSA) is 74.6 Å². The van der Waals surface area contributed by atoms with Crippen LogP contribution in [0.3, 0.4) is 0 Å². The summed E-state index contributed by atoms with van der Waals surface area (Å²) in [7, 11) is 0. The van der Waals surface area contributed by atoms with E-state index in [2.05, 4.69) is 0 Å². The highest BCUT2D eigenvalue weighted by atomic mass is 16.4. The number of aliphatic hydroxyl groups excluding tert-OH is 1. The van der Waals surface area contributed by atoms with E-state index in [1.807, 2.05) is 0 Å². The molecule has 0 aliphatic carbocycles. The van der Waals surface area contributed by atoms with Crippen LogP contribution < -0.4 is 0 Å². The summed E-state index contributed by atoms with van der Waals surface area (Å²) in [6.45, 7) is 2.50. The summed E-state index contributed by atoms with van der Waals surface area (Å²) in [6, 6.07) is 0. The molecule has 0 fully saturated rings. The number of rotatable bonds is 3. The molecule has 4 heteroatoms. The van der Waals surface area contributed by atoms with Crippen LogP contribution in [0.4, 0.5) is 0 Å². The van der Waals surface area contributed by atoms with Crippen molar-refractivity contribution in [1.82, 2.24) is 0 Å². The Hall–Kier alpha value is -1.16. The zero-order chi connectivity index (χ0) is 9.02. The van der Waals surface area contributed by atoms with E-state index in [9.17, 15) is 9.59 Å². The molecule has 0 bridgehead atoms. The molecule has 1 unspecified atom stereocenters. The average molecular weight is 158 g/mol. The van der Waals surface area contributed by atoms with E-state index in [1.54, 1.807) is 0 Å². The van der Waals surface area contributed by atoms with Crippen LogP contribution in [-0.2, 0) is 9.59 Å². The van der Waals surface area contributed by atoms with Gasteiger partial charge in [-0.25, -0.2) is 4.79 Å². The smallest absolute Gasteiger partial charge is 0.331 e. The first-order chi connectivity index (χ1) is 4.95. The molecule has 0 rings (SSSR count). The first-order valence-electron chi connectivity index (χ1n) is 3.05. The molecule has 0 spiro atoms. The minimum absolute atomic E-state index is 0.0345. The molecule has 0 radical (unpaired) electrons. The largest absolute Gasteiger partial charge is 0.478 e. The first-order valence-corrected chi connectivity index (χ1v) is 3.05. The second-order valence-electron chi connectivity index (χ2n) is 2.21. The van der Waals surface area contributed by atoms with Crippen molar-refractivity contribution in [2.45, 2.75) is 20.0 Å². The lowest BCUT2D eigenvalue weighted by molar-refractivity contribution is -0.132. The minimum atomic E-state index is -1.30. The number of aliphatic hydroxyl groups is 1. The minimum Gasteiger partial charge on any atom is -0.478 e. The Kier molecular flexibility index (Phi) is 3.47. The number of aliphatic carboxylic acids is 1. The molecule has 0 amide bonds. The molecule has 0 aliphatic rings. The van der Waals surface area contributed by atoms with Crippen LogP contribution in [0.2, 0.25) is 0 Å². The van der Waals surface area contributed by atoms with Crippen molar-refractivity contribution >= 4 is 11.8 Å². The van der Waals surface area contributed by atoms with E-state index in [4.69, 9.17) is 10.2 Å². The van der Waals surface area contributed by atoms with E-state index in [1.165, 1.54) is 13.8 Å². The quantitative estimate of drug-likeness (QED) is 0.565. The van der Waals surface area contributed by atoms with Crippen molar-refractivity contribution < 1.29 is 19.8 Å². The van der Waals surface area contributed by atoms with Crippen molar-refractivity contribution in [2.24, 2.45) is 0 Å². The maximum atomic E-state index is 10.4. The number of carbonyl (C=O) groups excluding carboxylic acids is 1. The van der Waals surface area contributed by atoms with Crippen molar-refractivity contribution in [2.75, 3.05) is 0 Å². The van der Waals surface area contributed by atoms with Crippen LogP contribution in [0, 0.1) is 0 Å². The Balaban J connectivity index is 4.31. The van der Waals surface area contributed by atoms with E-state index in [0.29, 0.717) is 0 Å². The Morgan fingerprint density at radius 1 is 1.36 bits per heavy atom. The zero-order valence-electron chi connectivity index (χ0n) is 6.37. The highest BCUT2D eigenvalue weighted by molar-refractivity contribution is 5.89. The fourth-order valence-electron chi connectivity index (χ4n) is 0.425. The maximum absolute atomic E-state index is 10.4. The second kappa shape index (κ2) is 3.88. The molecular formula is C7H10O4. The van der Waals surface area contributed by atoms with Gasteiger partial charge in [0.05, 0.1) is 0 Å². The third-order valence-electron chi connectivity index (χ3n) is 1.16.